The molecule has 2 atom stereocenters. The topological polar surface area (TPSA) is 32.3 Å². The van der Waals surface area contributed by atoms with Gasteiger partial charge in [0, 0.05) is 6.04 Å². The molecular weight excluding hydrogens is 212 g/mol. The third-order valence-corrected chi connectivity index (χ3v) is 3.00. The summed E-state index contributed by atoms with van der Waals surface area (Å²) in [5.41, 5.74) is 0.438. The van der Waals surface area contributed by atoms with E-state index in [9.17, 15) is 13.9 Å². The van der Waals surface area contributed by atoms with Crippen molar-refractivity contribution >= 4 is 0 Å². The lowest BCUT2D eigenvalue weighted by Gasteiger charge is -2.16. The second kappa shape index (κ2) is 4.89. The lowest BCUT2D eigenvalue weighted by atomic mass is 10.0. The van der Waals surface area contributed by atoms with Gasteiger partial charge in [0.2, 0.25) is 0 Å². The zero-order chi connectivity index (χ0) is 11.5. The number of rotatable bonds is 3. The van der Waals surface area contributed by atoms with Crippen LogP contribution in [0.2, 0.25) is 0 Å². The smallest absolute Gasteiger partial charge is 0.159 e. The molecule has 0 spiro atoms. The average Bonchev–Trinajstić information content (AvgIpc) is 2.74. The first-order valence-corrected chi connectivity index (χ1v) is 5.53. The van der Waals surface area contributed by atoms with Crippen molar-refractivity contribution in [1.29, 1.82) is 0 Å². The summed E-state index contributed by atoms with van der Waals surface area (Å²) < 4.78 is 25.6. The summed E-state index contributed by atoms with van der Waals surface area (Å²) in [6, 6.07) is 3.83. The molecule has 1 aliphatic heterocycles. The molecule has 1 aliphatic rings. The summed E-state index contributed by atoms with van der Waals surface area (Å²) in [6.45, 7) is 0.967. The molecule has 2 N–H and O–H groups in total. The first-order valence-electron chi connectivity index (χ1n) is 5.53. The SMILES string of the molecule is OC(CC1CCCN1)c1ccc(F)c(F)c1. The number of nitrogens with one attached hydrogen (secondary N) is 1. The highest BCUT2D eigenvalue weighted by Gasteiger charge is 2.19. The Hall–Kier alpha value is -1.00. The highest BCUT2D eigenvalue weighted by atomic mass is 19.2. The highest BCUT2D eigenvalue weighted by molar-refractivity contribution is 5.20. The molecule has 0 amide bonds. The van der Waals surface area contributed by atoms with Crippen LogP contribution < -0.4 is 5.32 Å². The van der Waals surface area contributed by atoms with Crippen LogP contribution in [-0.4, -0.2) is 17.7 Å². The maximum Gasteiger partial charge on any atom is 0.159 e. The van der Waals surface area contributed by atoms with Crippen LogP contribution in [-0.2, 0) is 0 Å². The second-order valence-electron chi connectivity index (χ2n) is 4.22. The fraction of sp³-hybridized carbons (Fsp3) is 0.500. The maximum atomic E-state index is 13.0. The molecule has 1 aromatic rings. The van der Waals surface area contributed by atoms with Gasteiger partial charge in [0.05, 0.1) is 6.10 Å². The molecule has 16 heavy (non-hydrogen) atoms. The van der Waals surface area contributed by atoms with Crippen molar-refractivity contribution in [2.24, 2.45) is 0 Å². The Bertz CT molecular complexity index is 364. The predicted octanol–water partition coefficient (Wildman–Crippen LogP) is 2.14. The van der Waals surface area contributed by atoms with Crippen molar-refractivity contribution in [2.45, 2.75) is 31.4 Å². The standard InChI is InChI=1S/C12H15F2NO/c13-10-4-3-8(6-11(10)14)12(16)7-9-2-1-5-15-9/h3-4,6,9,12,15-16H,1-2,5,7H2. The molecule has 2 rings (SSSR count). The van der Waals surface area contributed by atoms with E-state index in [0.29, 0.717) is 12.0 Å². The largest absolute Gasteiger partial charge is 0.388 e. The molecule has 1 heterocycles. The Morgan fingerprint density at radius 1 is 1.38 bits per heavy atom. The Morgan fingerprint density at radius 3 is 2.81 bits per heavy atom. The van der Waals surface area contributed by atoms with Crippen molar-refractivity contribution in [1.82, 2.24) is 5.32 Å². The minimum absolute atomic E-state index is 0.281. The van der Waals surface area contributed by atoms with Gasteiger partial charge in [-0.25, -0.2) is 8.78 Å². The van der Waals surface area contributed by atoms with Gasteiger partial charge >= 0.3 is 0 Å². The van der Waals surface area contributed by atoms with Crippen LogP contribution in [0.25, 0.3) is 0 Å². The summed E-state index contributed by atoms with van der Waals surface area (Å²) >= 11 is 0. The third kappa shape index (κ3) is 2.57. The first kappa shape index (κ1) is 11.5. The molecule has 2 unspecified atom stereocenters. The predicted molar refractivity (Wildman–Crippen MR) is 57.0 cm³/mol. The van der Waals surface area contributed by atoms with Crippen molar-refractivity contribution in [2.75, 3.05) is 6.54 Å². The summed E-state index contributed by atoms with van der Waals surface area (Å²) in [6.07, 6.45) is 1.95. The van der Waals surface area contributed by atoms with Crippen molar-refractivity contribution in [3.05, 3.63) is 35.4 Å². The Labute approximate surface area is 93.3 Å². The van der Waals surface area contributed by atoms with Gasteiger partial charge in [0.25, 0.3) is 0 Å². The van der Waals surface area contributed by atoms with Crippen molar-refractivity contribution < 1.29 is 13.9 Å². The summed E-state index contributed by atoms with van der Waals surface area (Å²) in [5, 5.41) is 13.1. The molecule has 1 aromatic carbocycles. The van der Waals surface area contributed by atoms with Gasteiger partial charge in [-0.1, -0.05) is 6.07 Å². The molecule has 0 bridgehead atoms. The van der Waals surface area contributed by atoms with Gasteiger partial charge in [-0.05, 0) is 43.5 Å². The Morgan fingerprint density at radius 2 is 2.19 bits per heavy atom. The van der Waals surface area contributed by atoms with E-state index in [0.717, 1.165) is 31.5 Å². The van der Waals surface area contributed by atoms with E-state index in [2.05, 4.69) is 5.32 Å². The van der Waals surface area contributed by atoms with Crippen LogP contribution in [0.4, 0.5) is 8.78 Å². The second-order valence-corrected chi connectivity index (χ2v) is 4.22. The normalized spacial score (nSPS) is 22.3. The van der Waals surface area contributed by atoms with Crippen LogP contribution >= 0.6 is 0 Å². The molecule has 0 aliphatic carbocycles. The first-order chi connectivity index (χ1) is 7.66. The van der Waals surface area contributed by atoms with E-state index in [4.69, 9.17) is 0 Å². The van der Waals surface area contributed by atoms with Crippen molar-refractivity contribution in [3.63, 3.8) is 0 Å². The van der Waals surface area contributed by atoms with Gasteiger partial charge in [-0.2, -0.15) is 0 Å². The summed E-state index contributed by atoms with van der Waals surface area (Å²) in [5.74, 6) is -1.79. The van der Waals surface area contributed by atoms with Crippen LogP contribution in [0.5, 0.6) is 0 Å². The number of hydrogen-bond acceptors (Lipinski definition) is 2. The number of aliphatic hydroxyl groups is 1. The minimum Gasteiger partial charge on any atom is -0.388 e. The number of benzene rings is 1. The van der Waals surface area contributed by atoms with Crippen LogP contribution in [0.3, 0.4) is 0 Å². The van der Waals surface area contributed by atoms with Crippen LogP contribution in [0, 0.1) is 11.6 Å². The highest BCUT2D eigenvalue weighted by Crippen LogP contribution is 2.23. The molecule has 0 saturated carbocycles. The Balaban J connectivity index is 2.02. The van der Waals surface area contributed by atoms with E-state index in [1.54, 1.807) is 0 Å². The molecule has 0 aromatic heterocycles. The molecule has 88 valence electrons. The molecule has 4 heteroatoms. The number of hydrogen-bond donors (Lipinski definition) is 2. The fourth-order valence-electron chi connectivity index (χ4n) is 2.08. The molecule has 0 radical (unpaired) electrons. The molecular formula is C12H15F2NO. The van der Waals surface area contributed by atoms with Gasteiger partial charge in [-0.15, -0.1) is 0 Å². The van der Waals surface area contributed by atoms with Crippen LogP contribution in [0.15, 0.2) is 18.2 Å². The summed E-state index contributed by atoms with van der Waals surface area (Å²) in [7, 11) is 0. The van der Waals surface area contributed by atoms with E-state index in [1.807, 2.05) is 0 Å². The van der Waals surface area contributed by atoms with Gasteiger partial charge in [-0.3, -0.25) is 0 Å². The van der Waals surface area contributed by atoms with Crippen molar-refractivity contribution in [3.8, 4) is 0 Å². The van der Waals surface area contributed by atoms with Crippen LogP contribution in [0.1, 0.15) is 30.9 Å². The molecule has 1 fully saturated rings. The number of aliphatic hydroxyl groups excluding tert-OH is 1. The third-order valence-electron chi connectivity index (χ3n) is 3.00. The maximum absolute atomic E-state index is 13.0. The van der Waals surface area contributed by atoms with Gasteiger partial charge in [0.1, 0.15) is 0 Å². The summed E-state index contributed by atoms with van der Waals surface area (Å²) in [4.78, 5) is 0. The van der Waals surface area contributed by atoms with E-state index < -0.39 is 17.7 Å². The van der Waals surface area contributed by atoms with E-state index >= 15 is 0 Å². The zero-order valence-electron chi connectivity index (χ0n) is 8.92. The molecule has 2 nitrogen and oxygen atoms in total. The van der Waals surface area contributed by atoms with Gasteiger partial charge in [0.15, 0.2) is 11.6 Å². The average molecular weight is 227 g/mol. The van der Waals surface area contributed by atoms with E-state index in [-0.39, 0.29) is 6.04 Å². The Kier molecular flexibility index (Phi) is 3.51. The minimum atomic E-state index is -0.907. The fourth-order valence-corrected chi connectivity index (χ4v) is 2.08. The number of halogens is 2. The van der Waals surface area contributed by atoms with E-state index in [1.165, 1.54) is 6.07 Å². The lowest BCUT2D eigenvalue weighted by Crippen LogP contribution is -2.23. The quantitative estimate of drug-likeness (QED) is 0.829. The zero-order valence-corrected chi connectivity index (χ0v) is 8.92. The molecule has 1 saturated heterocycles. The monoisotopic (exact) mass is 227 g/mol. The van der Waals surface area contributed by atoms with Gasteiger partial charge < -0.3 is 10.4 Å². The lowest BCUT2D eigenvalue weighted by molar-refractivity contribution is 0.154.